The zero-order valence-corrected chi connectivity index (χ0v) is 20.7. The molecule has 1 aliphatic rings. The molecular formula is C27H38N2O2S. The normalized spacial score (nSPS) is 15.0. The standard InChI is InChI=1S/C27H38N2O2S/c1-4-22(3)29(26(30)15-14-23-10-8-9-11-23)20-27(31)28(18-24-12-6-5-7-13-24)19-25-21(2)16-17-32-25/h5-7,12-13,16-17,22-23H,4,8-11,14-15,18-20H2,1-3H3. The van der Waals surface area contributed by atoms with E-state index in [9.17, 15) is 9.59 Å². The van der Waals surface area contributed by atoms with E-state index >= 15 is 0 Å². The summed E-state index contributed by atoms with van der Waals surface area (Å²) in [6, 6.07) is 12.3. The largest absolute Gasteiger partial charge is 0.332 e. The van der Waals surface area contributed by atoms with Gasteiger partial charge in [-0.15, -0.1) is 11.3 Å². The van der Waals surface area contributed by atoms with Gasteiger partial charge in [-0.1, -0.05) is 62.9 Å². The van der Waals surface area contributed by atoms with Crippen LogP contribution in [0.5, 0.6) is 0 Å². The van der Waals surface area contributed by atoms with E-state index in [1.165, 1.54) is 36.1 Å². The van der Waals surface area contributed by atoms with Crippen LogP contribution in [-0.4, -0.2) is 34.2 Å². The van der Waals surface area contributed by atoms with E-state index in [0.29, 0.717) is 25.4 Å². The minimum atomic E-state index is 0.0242. The Labute approximate surface area is 197 Å². The summed E-state index contributed by atoms with van der Waals surface area (Å²) in [4.78, 5) is 31.6. The molecule has 0 aliphatic heterocycles. The highest BCUT2D eigenvalue weighted by atomic mass is 32.1. The zero-order chi connectivity index (χ0) is 22.9. The van der Waals surface area contributed by atoms with E-state index in [0.717, 1.165) is 18.4 Å². The summed E-state index contributed by atoms with van der Waals surface area (Å²) in [5.74, 6) is 0.840. The van der Waals surface area contributed by atoms with Gasteiger partial charge in [-0.3, -0.25) is 9.59 Å². The smallest absolute Gasteiger partial charge is 0.242 e. The third kappa shape index (κ3) is 6.93. The van der Waals surface area contributed by atoms with E-state index in [2.05, 4.69) is 44.4 Å². The number of hydrogen-bond donors (Lipinski definition) is 0. The molecule has 1 aliphatic carbocycles. The molecule has 5 heteroatoms. The van der Waals surface area contributed by atoms with Crippen LogP contribution in [0.1, 0.15) is 74.8 Å². The monoisotopic (exact) mass is 454 g/mol. The van der Waals surface area contributed by atoms with Crippen LogP contribution < -0.4 is 0 Å². The fourth-order valence-electron chi connectivity index (χ4n) is 4.50. The van der Waals surface area contributed by atoms with Crippen molar-refractivity contribution in [2.75, 3.05) is 6.54 Å². The summed E-state index contributed by atoms with van der Waals surface area (Å²) >= 11 is 1.69. The van der Waals surface area contributed by atoms with Crippen molar-refractivity contribution in [3.05, 3.63) is 57.8 Å². The molecule has 174 valence electrons. The van der Waals surface area contributed by atoms with Gasteiger partial charge in [-0.25, -0.2) is 0 Å². The Bertz CT molecular complexity index is 858. The Morgan fingerprint density at radius 3 is 2.41 bits per heavy atom. The summed E-state index contributed by atoms with van der Waals surface area (Å²) in [7, 11) is 0. The molecule has 2 aromatic rings. The lowest BCUT2D eigenvalue weighted by molar-refractivity contribution is -0.143. The highest BCUT2D eigenvalue weighted by Crippen LogP contribution is 2.29. The first kappa shape index (κ1) is 24.5. The highest BCUT2D eigenvalue weighted by molar-refractivity contribution is 7.10. The van der Waals surface area contributed by atoms with Gasteiger partial charge in [0.15, 0.2) is 0 Å². The summed E-state index contributed by atoms with van der Waals surface area (Å²) in [6.45, 7) is 7.54. The lowest BCUT2D eigenvalue weighted by atomic mass is 10.0. The van der Waals surface area contributed by atoms with Crippen LogP contribution in [0.4, 0.5) is 0 Å². The minimum Gasteiger partial charge on any atom is -0.332 e. The van der Waals surface area contributed by atoms with Gasteiger partial charge in [0.1, 0.15) is 6.54 Å². The number of carbonyl (C=O) groups is 2. The van der Waals surface area contributed by atoms with Crippen molar-refractivity contribution in [2.24, 2.45) is 5.92 Å². The second-order valence-electron chi connectivity index (χ2n) is 9.23. The van der Waals surface area contributed by atoms with Crippen molar-refractivity contribution in [3.63, 3.8) is 0 Å². The predicted octanol–water partition coefficient (Wildman–Crippen LogP) is 6.18. The Morgan fingerprint density at radius 2 is 1.78 bits per heavy atom. The fourth-order valence-corrected chi connectivity index (χ4v) is 5.42. The molecule has 4 nitrogen and oxygen atoms in total. The van der Waals surface area contributed by atoms with Crippen molar-refractivity contribution in [2.45, 2.75) is 84.8 Å². The van der Waals surface area contributed by atoms with Crippen LogP contribution >= 0.6 is 11.3 Å². The molecule has 1 aromatic heterocycles. The molecule has 0 bridgehead atoms. The number of aryl methyl sites for hydroxylation is 1. The maximum Gasteiger partial charge on any atom is 0.242 e. The van der Waals surface area contributed by atoms with Gasteiger partial charge in [0, 0.05) is 23.9 Å². The number of rotatable bonds is 11. The number of amides is 2. The van der Waals surface area contributed by atoms with Crippen LogP contribution in [-0.2, 0) is 22.7 Å². The lowest BCUT2D eigenvalue weighted by Gasteiger charge is -2.31. The van der Waals surface area contributed by atoms with Crippen LogP contribution in [0.15, 0.2) is 41.8 Å². The maximum absolute atomic E-state index is 13.5. The van der Waals surface area contributed by atoms with E-state index < -0.39 is 0 Å². The topological polar surface area (TPSA) is 40.6 Å². The fraction of sp³-hybridized carbons (Fsp3) is 0.556. The second kappa shape index (κ2) is 12.2. The summed E-state index contributed by atoms with van der Waals surface area (Å²) in [6.07, 6.45) is 7.46. The molecule has 1 fully saturated rings. The van der Waals surface area contributed by atoms with Crippen molar-refractivity contribution >= 4 is 23.2 Å². The van der Waals surface area contributed by atoms with Crippen molar-refractivity contribution in [1.82, 2.24) is 9.80 Å². The first-order valence-corrected chi connectivity index (χ1v) is 13.0. The van der Waals surface area contributed by atoms with Gasteiger partial charge in [0.05, 0.1) is 6.54 Å². The third-order valence-corrected chi connectivity index (χ3v) is 7.87. The summed E-state index contributed by atoms with van der Waals surface area (Å²) < 4.78 is 0. The van der Waals surface area contributed by atoms with Crippen molar-refractivity contribution in [3.8, 4) is 0 Å². The minimum absolute atomic E-state index is 0.0242. The van der Waals surface area contributed by atoms with Gasteiger partial charge in [-0.05, 0) is 55.2 Å². The van der Waals surface area contributed by atoms with E-state index in [-0.39, 0.29) is 24.4 Å². The molecule has 3 rings (SSSR count). The van der Waals surface area contributed by atoms with Gasteiger partial charge in [0.25, 0.3) is 0 Å². The van der Waals surface area contributed by atoms with Crippen molar-refractivity contribution in [1.29, 1.82) is 0 Å². The molecule has 1 heterocycles. The molecule has 1 aromatic carbocycles. The average Bonchev–Trinajstić information content (AvgIpc) is 3.47. The van der Waals surface area contributed by atoms with Gasteiger partial charge in [-0.2, -0.15) is 0 Å². The number of carbonyl (C=O) groups excluding carboxylic acids is 2. The molecule has 0 N–H and O–H groups in total. The number of thiophene rings is 1. The summed E-state index contributed by atoms with van der Waals surface area (Å²) in [5.41, 5.74) is 2.32. The molecule has 32 heavy (non-hydrogen) atoms. The molecule has 1 saturated carbocycles. The van der Waals surface area contributed by atoms with E-state index in [1.54, 1.807) is 11.3 Å². The highest BCUT2D eigenvalue weighted by Gasteiger charge is 2.26. The quantitative estimate of drug-likeness (QED) is 0.407. The second-order valence-corrected chi connectivity index (χ2v) is 10.2. The van der Waals surface area contributed by atoms with Crippen LogP contribution in [0, 0.1) is 12.8 Å². The third-order valence-electron chi connectivity index (χ3n) is 6.86. The molecule has 1 atom stereocenters. The average molecular weight is 455 g/mol. The SMILES string of the molecule is CCC(C)N(CC(=O)N(Cc1ccccc1)Cc1sccc1C)C(=O)CCC1CCCC1. The van der Waals surface area contributed by atoms with Crippen LogP contribution in [0.3, 0.4) is 0 Å². The Balaban J connectivity index is 1.71. The first-order valence-electron chi connectivity index (χ1n) is 12.1. The van der Waals surface area contributed by atoms with Crippen LogP contribution in [0.25, 0.3) is 0 Å². The Morgan fingerprint density at radius 1 is 1.06 bits per heavy atom. The van der Waals surface area contributed by atoms with Gasteiger partial charge in [0.2, 0.25) is 11.8 Å². The Hall–Kier alpha value is -2.14. The number of benzene rings is 1. The molecule has 0 radical (unpaired) electrons. The summed E-state index contributed by atoms with van der Waals surface area (Å²) in [5, 5.41) is 2.08. The van der Waals surface area contributed by atoms with E-state index in [1.807, 2.05) is 28.0 Å². The molecule has 0 saturated heterocycles. The van der Waals surface area contributed by atoms with Crippen molar-refractivity contribution < 1.29 is 9.59 Å². The van der Waals surface area contributed by atoms with Gasteiger partial charge >= 0.3 is 0 Å². The van der Waals surface area contributed by atoms with Crippen LogP contribution in [0.2, 0.25) is 0 Å². The molecular weight excluding hydrogens is 416 g/mol. The molecule has 1 unspecified atom stereocenters. The van der Waals surface area contributed by atoms with E-state index in [4.69, 9.17) is 0 Å². The molecule has 2 amide bonds. The maximum atomic E-state index is 13.5. The first-order chi connectivity index (χ1) is 15.5. The Kier molecular flexibility index (Phi) is 9.34. The molecule has 0 spiro atoms. The number of nitrogens with zero attached hydrogens (tertiary/aromatic N) is 2. The number of hydrogen-bond acceptors (Lipinski definition) is 3. The lowest BCUT2D eigenvalue weighted by Crippen LogP contribution is -2.46. The zero-order valence-electron chi connectivity index (χ0n) is 19.9. The predicted molar refractivity (Wildman–Crippen MR) is 132 cm³/mol. The van der Waals surface area contributed by atoms with Gasteiger partial charge < -0.3 is 9.80 Å².